The summed E-state index contributed by atoms with van der Waals surface area (Å²) in [6.07, 6.45) is 3.67. The second kappa shape index (κ2) is 5.52. The molecule has 1 saturated heterocycles. The van der Waals surface area contributed by atoms with Crippen LogP contribution in [-0.4, -0.2) is 34.4 Å². The molecular formula is C14H17N3O2. The highest BCUT2D eigenvalue weighted by atomic mass is 16.5. The summed E-state index contributed by atoms with van der Waals surface area (Å²) in [6.45, 7) is 2.49. The van der Waals surface area contributed by atoms with E-state index in [0.717, 1.165) is 36.6 Å². The molecule has 3 rings (SSSR count). The molecule has 1 aliphatic rings. The van der Waals surface area contributed by atoms with E-state index in [9.17, 15) is 0 Å². The van der Waals surface area contributed by atoms with E-state index in [-0.39, 0.29) is 12.7 Å². The van der Waals surface area contributed by atoms with Crippen molar-refractivity contribution in [1.29, 1.82) is 0 Å². The van der Waals surface area contributed by atoms with Crippen molar-refractivity contribution in [2.24, 2.45) is 0 Å². The van der Waals surface area contributed by atoms with Crippen molar-refractivity contribution >= 4 is 0 Å². The summed E-state index contributed by atoms with van der Waals surface area (Å²) in [6, 6.07) is 7.79. The Balaban J connectivity index is 1.89. The third-order valence-electron chi connectivity index (χ3n) is 3.32. The average molecular weight is 259 g/mol. The number of ether oxygens (including phenoxy) is 1. The summed E-state index contributed by atoms with van der Waals surface area (Å²) in [5, 5.41) is 12.4. The quantitative estimate of drug-likeness (QED) is 0.864. The zero-order chi connectivity index (χ0) is 13.1. The van der Waals surface area contributed by atoms with Crippen molar-refractivity contribution in [2.75, 3.05) is 19.7 Å². The van der Waals surface area contributed by atoms with E-state index in [4.69, 9.17) is 9.84 Å². The number of nitrogens with one attached hydrogen (secondary N) is 1. The minimum absolute atomic E-state index is 0.0359. The number of nitrogens with zero attached hydrogens (tertiary/aromatic N) is 2. The van der Waals surface area contributed by atoms with Gasteiger partial charge in [-0.05, 0) is 17.7 Å². The van der Waals surface area contributed by atoms with Gasteiger partial charge >= 0.3 is 0 Å². The molecule has 1 aliphatic heterocycles. The zero-order valence-electron chi connectivity index (χ0n) is 10.6. The Morgan fingerprint density at radius 1 is 1.37 bits per heavy atom. The van der Waals surface area contributed by atoms with Crippen LogP contribution in [0.1, 0.15) is 17.4 Å². The first-order valence-corrected chi connectivity index (χ1v) is 6.43. The summed E-state index contributed by atoms with van der Waals surface area (Å²) in [5.74, 6) is 0. The Morgan fingerprint density at radius 3 is 2.89 bits per heavy atom. The second-order valence-electron chi connectivity index (χ2n) is 4.58. The summed E-state index contributed by atoms with van der Waals surface area (Å²) in [4.78, 5) is 4.22. The van der Waals surface area contributed by atoms with Gasteiger partial charge in [-0.15, -0.1) is 0 Å². The predicted molar refractivity (Wildman–Crippen MR) is 71.0 cm³/mol. The van der Waals surface area contributed by atoms with Gasteiger partial charge in [-0.1, -0.05) is 12.1 Å². The van der Waals surface area contributed by atoms with Crippen LogP contribution >= 0.6 is 0 Å². The van der Waals surface area contributed by atoms with Gasteiger partial charge in [0.05, 0.1) is 31.4 Å². The number of morpholine rings is 1. The minimum atomic E-state index is 0.0359. The molecule has 2 heterocycles. The number of aliphatic hydroxyl groups excluding tert-OH is 1. The van der Waals surface area contributed by atoms with E-state index in [0.29, 0.717) is 0 Å². The van der Waals surface area contributed by atoms with Gasteiger partial charge in [-0.2, -0.15) is 0 Å². The molecule has 0 bridgehead atoms. The van der Waals surface area contributed by atoms with Crippen LogP contribution in [0.2, 0.25) is 0 Å². The molecule has 1 unspecified atom stereocenters. The Kier molecular flexibility index (Phi) is 3.59. The molecule has 19 heavy (non-hydrogen) atoms. The molecule has 100 valence electrons. The van der Waals surface area contributed by atoms with E-state index in [1.807, 2.05) is 35.0 Å². The molecule has 5 heteroatoms. The van der Waals surface area contributed by atoms with Crippen molar-refractivity contribution in [3.8, 4) is 5.69 Å². The lowest BCUT2D eigenvalue weighted by Crippen LogP contribution is -2.34. The molecule has 0 spiro atoms. The van der Waals surface area contributed by atoms with Crippen LogP contribution in [0.4, 0.5) is 0 Å². The van der Waals surface area contributed by atoms with Crippen molar-refractivity contribution in [3.05, 3.63) is 48.0 Å². The zero-order valence-corrected chi connectivity index (χ0v) is 10.6. The largest absolute Gasteiger partial charge is 0.392 e. The number of rotatable bonds is 3. The van der Waals surface area contributed by atoms with Crippen LogP contribution in [0, 0.1) is 0 Å². The van der Waals surface area contributed by atoms with Crippen molar-refractivity contribution in [2.45, 2.75) is 12.7 Å². The molecule has 1 fully saturated rings. The van der Waals surface area contributed by atoms with E-state index >= 15 is 0 Å². The van der Waals surface area contributed by atoms with Crippen LogP contribution in [0.3, 0.4) is 0 Å². The summed E-state index contributed by atoms with van der Waals surface area (Å²) in [7, 11) is 0. The number of aliphatic hydroxyl groups is 1. The Morgan fingerprint density at radius 2 is 2.21 bits per heavy atom. The topological polar surface area (TPSA) is 59.3 Å². The molecule has 0 saturated carbocycles. The van der Waals surface area contributed by atoms with Crippen LogP contribution < -0.4 is 5.32 Å². The average Bonchev–Trinajstić information content (AvgIpc) is 2.98. The van der Waals surface area contributed by atoms with Gasteiger partial charge in [0.1, 0.15) is 6.10 Å². The number of hydrogen-bond acceptors (Lipinski definition) is 4. The lowest BCUT2D eigenvalue weighted by molar-refractivity contribution is 0.0240. The fourth-order valence-electron chi connectivity index (χ4n) is 2.28. The standard InChI is InChI=1S/C14H17N3O2/c18-9-11-1-3-12(4-2-11)17-10-16-7-13(17)14-8-15-5-6-19-14/h1-4,7,10,14-15,18H,5-6,8-9H2. The molecule has 0 amide bonds. The first-order valence-electron chi connectivity index (χ1n) is 6.43. The Labute approximate surface area is 111 Å². The monoisotopic (exact) mass is 259 g/mol. The van der Waals surface area contributed by atoms with Crippen LogP contribution in [0.25, 0.3) is 5.69 Å². The molecule has 2 N–H and O–H groups in total. The summed E-state index contributed by atoms with van der Waals surface area (Å²) in [5.41, 5.74) is 2.98. The highest BCUT2D eigenvalue weighted by molar-refractivity contribution is 5.36. The maximum Gasteiger partial charge on any atom is 0.112 e. The highest BCUT2D eigenvalue weighted by Gasteiger charge is 2.19. The smallest absolute Gasteiger partial charge is 0.112 e. The number of benzene rings is 1. The van der Waals surface area contributed by atoms with Crippen molar-refractivity contribution in [3.63, 3.8) is 0 Å². The van der Waals surface area contributed by atoms with Crippen molar-refractivity contribution in [1.82, 2.24) is 14.9 Å². The van der Waals surface area contributed by atoms with Gasteiger partial charge in [-0.25, -0.2) is 4.98 Å². The molecule has 1 atom stereocenters. The molecule has 1 aromatic heterocycles. The maximum absolute atomic E-state index is 9.07. The van der Waals surface area contributed by atoms with E-state index < -0.39 is 0 Å². The van der Waals surface area contributed by atoms with Gasteiger partial charge in [0, 0.05) is 18.8 Å². The molecule has 0 radical (unpaired) electrons. The second-order valence-corrected chi connectivity index (χ2v) is 4.58. The number of hydrogen-bond donors (Lipinski definition) is 2. The van der Waals surface area contributed by atoms with Crippen LogP contribution in [0.5, 0.6) is 0 Å². The normalized spacial score (nSPS) is 19.5. The van der Waals surface area contributed by atoms with Crippen LogP contribution in [-0.2, 0) is 11.3 Å². The SMILES string of the molecule is OCc1ccc(-n2cncc2C2CNCCO2)cc1. The molecule has 1 aromatic carbocycles. The molecular weight excluding hydrogens is 242 g/mol. The predicted octanol–water partition coefficient (Wildman–Crippen LogP) is 1.03. The van der Waals surface area contributed by atoms with E-state index in [2.05, 4.69) is 10.3 Å². The highest BCUT2D eigenvalue weighted by Crippen LogP contribution is 2.22. The van der Waals surface area contributed by atoms with E-state index in [1.165, 1.54) is 0 Å². The first kappa shape index (κ1) is 12.3. The lowest BCUT2D eigenvalue weighted by atomic mass is 10.2. The van der Waals surface area contributed by atoms with Crippen LogP contribution in [0.15, 0.2) is 36.8 Å². The molecule has 0 aliphatic carbocycles. The van der Waals surface area contributed by atoms with Gasteiger partial charge < -0.3 is 19.7 Å². The molecule has 5 nitrogen and oxygen atoms in total. The van der Waals surface area contributed by atoms with Gasteiger partial charge in [0.25, 0.3) is 0 Å². The minimum Gasteiger partial charge on any atom is -0.392 e. The summed E-state index contributed by atoms with van der Waals surface area (Å²) >= 11 is 0. The van der Waals surface area contributed by atoms with Gasteiger partial charge in [0.2, 0.25) is 0 Å². The lowest BCUT2D eigenvalue weighted by Gasteiger charge is -2.24. The summed E-state index contributed by atoms with van der Waals surface area (Å²) < 4.78 is 7.79. The van der Waals surface area contributed by atoms with Crippen molar-refractivity contribution < 1.29 is 9.84 Å². The van der Waals surface area contributed by atoms with E-state index in [1.54, 1.807) is 6.33 Å². The Hall–Kier alpha value is -1.69. The maximum atomic E-state index is 9.07. The van der Waals surface area contributed by atoms with Gasteiger partial charge in [-0.3, -0.25) is 0 Å². The first-order chi connectivity index (χ1) is 9.38. The third-order valence-corrected chi connectivity index (χ3v) is 3.32. The Bertz CT molecular complexity index is 530. The third kappa shape index (κ3) is 2.53. The van der Waals surface area contributed by atoms with Gasteiger partial charge in [0.15, 0.2) is 0 Å². The number of imidazole rings is 1. The fraction of sp³-hybridized carbons (Fsp3) is 0.357. The number of aromatic nitrogens is 2. The fourth-order valence-corrected chi connectivity index (χ4v) is 2.28. The molecule has 2 aromatic rings.